The molecule has 0 atom stereocenters. The molecule has 0 aliphatic heterocycles. The van der Waals surface area contributed by atoms with Crippen LogP contribution in [0.25, 0.3) is 110 Å². The van der Waals surface area contributed by atoms with Crippen molar-refractivity contribution in [1.29, 1.82) is 5.26 Å². The standard InChI is InChI=1S/C49H27N3O2/c50-28-30-19-22-32(52-43-14-6-2-10-34(43)39-25-41-36-12-4-8-16-47(36)54-49(41)27-45(39)52)23-37(30)29-17-20-31(21-18-29)51-42-13-5-1-9-33(42)38-24-40-35-11-3-7-15-46(35)53-48(40)26-44(38)51/h1-27H. The minimum Gasteiger partial charge on any atom is -0.456 e. The first-order chi connectivity index (χ1) is 26.7. The fraction of sp³-hybridized carbons (Fsp3) is 0. The van der Waals surface area contributed by atoms with Crippen LogP contribution in [0, 0.1) is 11.3 Å². The van der Waals surface area contributed by atoms with Crippen molar-refractivity contribution in [3.05, 3.63) is 169 Å². The second-order valence-electron chi connectivity index (χ2n) is 14.0. The fourth-order valence-corrected chi connectivity index (χ4v) is 8.73. The highest BCUT2D eigenvalue weighted by Gasteiger charge is 2.19. The van der Waals surface area contributed by atoms with Gasteiger partial charge in [-0.2, -0.15) is 5.26 Å². The topological polar surface area (TPSA) is 59.9 Å². The number of aromatic nitrogens is 2. The Kier molecular flexibility index (Phi) is 5.78. The molecule has 0 saturated heterocycles. The van der Waals surface area contributed by atoms with Crippen molar-refractivity contribution in [2.24, 2.45) is 0 Å². The van der Waals surface area contributed by atoms with Gasteiger partial charge < -0.3 is 18.0 Å². The third kappa shape index (κ3) is 3.97. The van der Waals surface area contributed by atoms with Crippen LogP contribution in [-0.2, 0) is 0 Å². The van der Waals surface area contributed by atoms with Gasteiger partial charge in [0.1, 0.15) is 22.3 Å². The van der Waals surface area contributed by atoms with Crippen LogP contribution in [0.5, 0.6) is 0 Å². The Balaban J connectivity index is 1.03. The largest absolute Gasteiger partial charge is 0.456 e. The molecule has 4 aromatic heterocycles. The Bertz CT molecular complexity index is 3570. The first-order valence-corrected chi connectivity index (χ1v) is 18.1. The molecule has 12 aromatic rings. The van der Waals surface area contributed by atoms with E-state index >= 15 is 0 Å². The van der Waals surface area contributed by atoms with Crippen molar-refractivity contribution in [3.8, 4) is 28.6 Å². The summed E-state index contributed by atoms with van der Waals surface area (Å²) in [7, 11) is 0. The van der Waals surface area contributed by atoms with Crippen LogP contribution in [0.2, 0.25) is 0 Å². The van der Waals surface area contributed by atoms with E-state index < -0.39 is 0 Å². The van der Waals surface area contributed by atoms with E-state index in [9.17, 15) is 5.26 Å². The van der Waals surface area contributed by atoms with Gasteiger partial charge in [0.15, 0.2) is 0 Å². The molecule has 8 aromatic carbocycles. The Hall–Kier alpha value is -7.55. The zero-order valence-corrected chi connectivity index (χ0v) is 28.7. The molecule has 5 nitrogen and oxygen atoms in total. The van der Waals surface area contributed by atoms with Crippen LogP contribution in [0.15, 0.2) is 173 Å². The molecule has 0 radical (unpaired) electrons. The Labute approximate surface area is 307 Å². The molecule has 0 N–H and O–H groups in total. The number of rotatable bonds is 3. The normalized spacial score (nSPS) is 12.1. The van der Waals surface area contributed by atoms with E-state index in [1.807, 2.05) is 36.4 Å². The monoisotopic (exact) mass is 689 g/mol. The maximum absolute atomic E-state index is 10.3. The van der Waals surface area contributed by atoms with Crippen molar-refractivity contribution < 1.29 is 8.83 Å². The van der Waals surface area contributed by atoms with Gasteiger partial charge in [0.2, 0.25) is 0 Å². The van der Waals surface area contributed by atoms with E-state index in [2.05, 4.69) is 143 Å². The second kappa shape index (κ2) is 10.7. The molecule has 0 saturated carbocycles. The Morgan fingerprint density at radius 2 is 0.852 bits per heavy atom. The average molecular weight is 690 g/mol. The summed E-state index contributed by atoms with van der Waals surface area (Å²) in [6.45, 7) is 0. The van der Waals surface area contributed by atoms with Gasteiger partial charge in [-0.25, -0.2) is 0 Å². The maximum atomic E-state index is 10.3. The highest BCUT2D eigenvalue weighted by molar-refractivity contribution is 6.18. The van der Waals surface area contributed by atoms with E-state index in [0.717, 1.165) is 93.8 Å². The molecule has 5 heteroatoms. The maximum Gasteiger partial charge on any atom is 0.137 e. The number of hydrogen-bond acceptors (Lipinski definition) is 3. The summed E-state index contributed by atoms with van der Waals surface area (Å²) < 4.78 is 17.3. The summed E-state index contributed by atoms with van der Waals surface area (Å²) in [5.74, 6) is 0. The number of hydrogen-bond donors (Lipinski definition) is 0. The molecule has 0 bridgehead atoms. The van der Waals surface area contributed by atoms with Gasteiger partial charge in [0.05, 0.1) is 33.7 Å². The van der Waals surface area contributed by atoms with Crippen LogP contribution >= 0.6 is 0 Å². The first kappa shape index (κ1) is 29.1. The van der Waals surface area contributed by atoms with Gasteiger partial charge in [-0.1, -0.05) is 84.9 Å². The minimum atomic E-state index is 0.621. The third-order valence-electron chi connectivity index (χ3n) is 11.2. The zero-order valence-electron chi connectivity index (χ0n) is 28.7. The molecule has 250 valence electrons. The molecule has 4 heterocycles. The van der Waals surface area contributed by atoms with Crippen LogP contribution in [0.4, 0.5) is 0 Å². The van der Waals surface area contributed by atoms with Gasteiger partial charge in [-0.15, -0.1) is 0 Å². The van der Waals surface area contributed by atoms with E-state index in [-0.39, 0.29) is 0 Å². The third-order valence-corrected chi connectivity index (χ3v) is 11.2. The summed E-state index contributed by atoms with van der Waals surface area (Å²) in [4.78, 5) is 0. The number of nitriles is 1. The quantitative estimate of drug-likeness (QED) is 0.185. The summed E-state index contributed by atoms with van der Waals surface area (Å²) in [6.07, 6.45) is 0. The predicted octanol–water partition coefficient (Wildman–Crippen LogP) is 13.2. The van der Waals surface area contributed by atoms with E-state index in [4.69, 9.17) is 8.83 Å². The van der Waals surface area contributed by atoms with Crippen LogP contribution in [0.1, 0.15) is 5.56 Å². The Morgan fingerprint density at radius 1 is 0.370 bits per heavy atom. The minimum absolute atomic E-state index is 0.621. The molecule has 12 rings (SSSR count). The van der Waals surface area contributed by atoms with Gasteiger partial charge in [-0.05, 0) is 72.3 Å². The van der Waals surface area contributed by atoms with E-state index in [1.54, 1.807) is 0 Å². The first-order valence-electron chi connectivity index (χ1n) is 18.1. The van der Waals surface area contributed by atoms with Crippen molar-refractivity contribution in [2.75, 3.05) is 0 Å². The summed E-state index contributed by atoms with van der Waals surface area (Å²) >= 11 is 0. The Morgan fingerprint density at radius 3 is 1.41 bits per heavy atom. The van der Waals surface area contributed by atoms with Crippen LogP contribution in [0.3, 0.4) is 0 Å². The highest BCUT2D eigenvalue weighted by atomic mass is 16.3. The number of benzene rings is 8. The SMILES string of the molecule is N#Cc1ccc(-n2c3ccccc3c3cc4c(cc32)oc2ccccc24)cc1-c1ccc(-n2c3ccccc3c3cc4c(cc32)oc2ccccc24)cc1. The molecule has 54 heavy (non-hydrogen) atoms. The van der Waals surface area contributed by atoms with E-state index in [1.165, 1.54) is 16.2 Å². The highest BCUT2D eigenvalue weighted by Crippen LogP contribution is 2.41. The molecule has 0 aliphatic rings. The molecular weight excluding hydrogens is 663 g/mol. The fourth-order valence-electron chi connectivity index (χ4n) is 8.73. The zero-order chi connectivity index (χ0) is 35.5. The lowest BCUT2D eigenvalue weighted by molar-refractivity contribution is 0.669. The van der Waals surface area contributed by atoms with Gasteiger partial charge in [-0.3, -0.25) is 0 Å². The lowest BCUT2D eigenvalue weighted by atomic mass is 9.99. The van der Waals surface area contributed by atoms with Crippen molar-refractivity contribution in [1.82, 2.24) is 9.13 Å². The summed E-state index contributed by atoms with van der Waals surface area (Å²) in [5, 5.41) is 19.5. The van der Waals surface area contributed by atoms with Crippen LogP contribution < -0.4 is 0 Å². The molecule has 0 spiro atoms. The molecule has 0 aliphatic carbocycles. The number of para-hydroxylation sites is 4. The molecule has 0 amide bonds. The van der Waals surface area contributed by atoms with Crippen LogP contribution in [-0.4, -0.2) is 9.13 Å². The lowest BCUT2D eigenvalue weighted by Crippen LogP contribution is -1.97. The summed E-state index contributed by atoms with van der Waals surface area (Å²) in [6, 6.07) is 59.4. The predicted molar refractivity (Wildman–Crippen MR) is 220 cm³/mol. The van der Waals surface area contributed by atoms with Crippen molar-refractivity contribution >= 4 is 87.5 Å². The van der Waals surface area contributed by atoms with Crippen molar-refractivity contribution in [3.63, 3.8) is 0 Å². The second-order valence-corrected chi connectivity index (χ2v) is 14.0. The molecular formula is C49H27N3O2. The lowest BCUT2D eigenvalue weighted by Gasteiger charge is -2.13. The summed E-state index contributed by atoms with van der Waals surface area (Å²) in [5.41, 5.74) is 12.3. The average Bonchev–Trinajstić information content (AvgIpc) is 3.96. The smallest absolute Gasteiger partial charge is 0.137 e. The van der Waals surface area contributed by atoms with Gasteiger partial charge >= 0.3 is 0 Å². The number of furan rings is 2. The number of nitrogens with zero attached hydrogens (tertiary/aromatic N) is 3. The molecule has 0 unspecified atom stereocenters. The van der Waals surface area contributed by atoms with E-state index in [0.29, 0.717) is 5.56 Å². The van der Waals surface area contributed by atoms with Gasteiger partial charge in [0, 0.05) is 72.2 Å². The van der Waals surface area contributed by atoms with Crippen molar-refractivity contribution in [2.45, 2.75) is 0 Å². The molecule has 0 fully saturated rings. The number of fused-ring (bicyclic) bond motifs is 12. The van der Waals surface area contributed by atoms with Gasteiger partial charge in [0.25, 0.3) is 0 Å².